The molecule has 176 valence electrons. The quantitative estimate of drug-likeness (QED) is 0.463. The average molecular weight is 489 g/mol. The molecule has 0 radical (unpaired) electrons. The summed E-state index contributed by atoms with van der Waals surface area (Å²) in [6, 6.07) is 0. The third kappa shape index (κ3) is 2.70. The van der Waals surface area contributed by atoms with Crippen LogP contribution in [0.3, 0.4) is 0 Å². The van der Waals surface area contributed by atoms with Gasteiger partial charge in [-0.15, -0.1) is 0 Å². The van der Waals surface area contributed by atoms with Crippen molar-refractivity contribution >= 4 is 40.9 Å². The van der Waals surface area contributed by atoms with Crippen LogP contribution in [-0.2, 0) is 19.1 Å². The number of aliphatic hydroxyl groups is 1. The molecule has 0 aliphatic heterocycles. The number of hydrogen-bond acceptors (Lipinski definition) is 5. The molecular formula is C23H27Cl2FO6. The Morgan fingerprint density at radius 1 is 1.28 bits per heavy atom. The Kier molecular flexibility index (Phi) is 5.39. The standard InChI is InChI=1S/C23H27Cl2FO6/c1-11-8-15-14-5-4-12-9-13(27)6-7-20(12,2)22(14,26)16(28)10-21(15,3)23(11,19(30)31)32-18(29)17(24)25/h6-7,9,11,14-17,28H,4-5,8,10H2,1-3H3,(H,30,31)/t11-,14-,15-,16-,20-,21-,22-,23-/m0/s1. The van der Waals surface area contributed by atoms with Gasteiger partial charge in [0.1, 0.15) is 0 Å². The molecule has 6 nitrogen and oxygen atoms in total. The zero-order valence-corrected chi connectivity index (χ0v) is 19.6. The van der Waals surface area contributed by atoms with Crippen LogP contribution in [0, 0.1) is 28.6 Å². The highest BCUT2D eigenvalue weighted by molar-refractivity contribution is 6.53. The normalized spacial score (nSPS) is 47.4. The van der Waals surface area contributed by atoms with E-state index in [9.17, 15) is 24.6 Å². The van der Waals surface area contributed by atoms with E-state index in [4.69, 9.17) is 27.9 Å². The highest BCUT2D eigenvalue weighted by Gasteiger charge is 2.77. The van der Waals surface area contributed by atoms with Gasteiger partial charge in [0.25, 0.3) is 0 Å². The SMILES string of the molecule is C[C@H]1C[C@H]2[C@@H]3CCC4=CC(=O)C=C[C@]4(C)[C@@]3(F)[C@@H](O)C[C@]2(C)[C@@]1(OC(=O)C(Cl)Cl)C(=O)O. The van der Waals surface area contributed by atoms with Gasteiger partial charge < -0.3 is 14.9 Å². The van der Waals surface area contributed by atoms with E-state index in [1.54, 1.807) is 20.8 Å². The highest BCUT2D eigenvalue weighted by atomic mass is 35.5. The number of esters is 1. The summed E-state index contributed by atoms with van der Waals surface area (Å²) < 4.78 is 22.6. The van der Waals surface area contributed by atoms with E-state index >= 15 is 4.39 Å². The molecule has 0 aromatic rings. The number of allylic oxidation sites excluding steroid dienone is 4. The average Bonchev–Trinajstić information content (AvgIpc) is 2.91. The van der Waals surface area contributed by atoms with Crippen molar-refractivity contribution < 1.29 is 33.7 Å². The summed E-state index contributed by atoms with van der Waals surface area (Å²) >= 11 is 11.3. The Morgan fingerprint density at radius 2 is 1.94 bits per heavy atom. The summed E-state index contributed by atoms with van der Waals surface area (Å²) in [5, 5.41) is 21.6. The van der Waals surface area contributed by atoms with Gasteiger partial charge in [0, 0.05) is 22.7 Å². The Bertz CT molecular complexity index is 949. The number of halogens is 3. The monoisotopic (exact) mass is 488 g/mol. The number of aliphatic hydroxyl groups excluding tert-OH is 1. The van der Waals surface area contributed by atoms with Gasteiger partial charge in [0.05, 0.1) is 6.10 Å². The first-order valence-corrected chi connectivity index (χ1v) is 11.7. The molecule has 0 heterocycles. The second-order valence-corrected chi connectivity index (χ2v) is 11.3. The molecular weight excluding hydrogens is 462 g/mol. The molecule has 0 aromatic carbocycles. The number of aliphatic carboxylic acids is 1. The van der Waals surface area contributed by atoms with Crippen LogP contribution in [0.2, 0.25) is 0 Å². The number of fused-ring (bicyclic) bond motifs is 5. The minimum Gasteiger partial charge on any atom is -0.478 e. The second-order valence-electron chi connectivity index (χ2n) is 10.2. The molecule has 0 saturated heterocycles. The molecule has 3 saturated carbocycles. The fraction of sp³-hybridized carbons (Fsp3) is 0.696. The van der Waals surface area contributed by atoms with Gasteiger partial charge >= 0.3 is 11.9 Å². The molecule has 0 spiro atoms. The Hall–Kier alpha value is -1.44. The first-order chi connectivity index (χ1) is 14.8. The Balaban J connectivity index is 1.84. The summed E-state index contributed by atoms with van der Waals surface area (Å²) in [4.78, 5) is 35.3. The number of ether oxygens (including phenoxy) is 1. The molecule has 32 heavy (non-hydrogen) atoms. The topological polar surface area (TPSA) is 101 Å². The number of rotatable bonds is 3. The van der Waals surface area contributed by atoms with Crippen LogP contribution >= 0.6 is 23.2 Å². The first-order valence-electron chi connectivity index (χ1n) is 10.8. The van der Waals surface area contributed by atoms with E-state index in [0.717, 1.165) is 0 Å². The smallest absolute Gasteiger partial charge is 0.349 e. The van der Waals surface area contributed by atoms with E-state index in [-0.39, 0.29) is 12.2 Å². The zero-order valence-electron chi connectivity index (χ0n) is 18.1. The van der Waals surface area contributed by atoms with Crippen molar-refractivity contribution in [3.05, 3.63) is 23.8 Å². The lowest BCUT2D eigenvalue weighted by Crippen LogP contribution is -2.70. The minimum absolute atomic E-state index is 0.210. The Labute approximate surface area is 195 Å². The van der Waals surface area contributed by atoms with Crippen LogP contribution in [0.5, 0.6) is 0 Å². The highest BCUT2D eigenvalue weighted by Crippen LogP contribution is 2.71. The second kappa shape index (κ2) is 7.28. The van der Waals surface area contributed by atoms with E-state index < -0.39 is 62.7 Å². The van der Waals surface area contributed by atoms with Gasteiger partial charge in [-0.1, -0.05) is 48.7 Å². The molecule has 0 bridgehead atoms. The van der Waals surface area contributed by atoms with E-state index in [1.165, 1.54) is 18.2 Å². The van der Waals surface area contributed by atoms with E-state index in [0.29, 0.717) is 24.8 Å². The largest absolute Gasteiger partial charge is 0.478 e. The van der Waals surface area contributed by atoms with Crippen molar-refractivity contribution in [2.45, 2.75) is 68.7 Å². The molecule has 9 heteroatoms. The molecule has 4 rings (SSSR count). The van der Waals surface area contributed by atoms with E-state index in [1.807, 2.05) is 0 Å². The fourth-order valence-electron chi connectivity index (χ4n) is 7.45. The number of carboxylic acids is 1. The molecule has 0 unspecified atom stereocenters. The third-order valence-electron chi connectivity index (χ3n) is 8.94. The lowest BCUT2D eigenvalue weighted by Gasteiger charge is -2.62. The van der Waals surface area contributed by atoms with Crippen molar-refractivity contribution in [1.82, 2.24) is 0 Å². The summed E-state index contributed by atoms with van der Waals surface area (Å²) in [5.41, 5.74) is -5.90. The molecule has 4 aliphatic carbocycles. The third-order valence-corrected chi connectivity index (χ3v) is 9.29. The van der Waals surface area contributed by atoms with Gasteiger partial charge in [-0.3, -0.25) is 4.79 Å². The van der Waals surface area contributed by atoms with Gasteiger partial charge in [0.15, 0.2) is 11.5 Å². The maximum absolute atomic E-state index is 17.1. The van der Waals surface area contributed by atoms with Crippen LogP contribution in [-0.4, -0.2) is 50.1 Å². The number of hydrogen-bond donors (Lipinski definition) is 2. The van der Waals surface area contributed by atoms with Gasteiger partial charge in [-0.2, -0.15) is 0 Å². The predicted octanol–water partition coefficient (Wildman–Crippen LogP) is 3.77. The molecule has 8 atom stereocenters. The number of carbonyl (C=O) groups excluding carboxylic acids is 2. The van der Waals surface area contributed by atoms with Crippen molar-refractivity contribution in [2.24, 2.45) is 28.6 Å². The van der Waals surface area contributed by atoms with Gasteiger partial charge in [0.2, 0.25) is 10.4 Å². The Morgan fingerprint density at radius 3 is 2.53 bits per heavy atom. The van der Waals surface area contributed by atoms with Crippen LogP contribution in [0.15, 0.2) is 23.8 Å². The number of carboxylic acid groups (broad SMARTS) is 1. The van der Waals surface area contributed by atoms with Crippen molar-refractivity contribution in [3.8, 4) is 0 Å². The molecule has 0 aromatic heterocycles. The first kappa shape index (κ1) is 23.7. The number of ketones is 1. The number of alkyl halides is 3. The maximum Gasteiger partial charge on any atom is 0.349 e. The lowest BCUT2D eigenvalue weighted by atomic mass is 9.44. The van der Waals surface area contributed by atoms with Gasteiger partial charge in [-0.25, -0.2) is 14.0 Å². The summed E-state index contributed by atoms with van der Waals surface area (Å²) in [6.45, 7) is 4.99. The van der Waals surface area contributed by atoms with Crippen molar-refractivity contribution in [3.63, 3.8) is 0 Å². The van der Waals surface area contributed by atoms with Crippen LogP contribution in [0.1, 0.15) is 46.5 Å². The van der Waals surface area contributed by atoms with Crippen LogP contribution in [0.25, 0.3) is 0 Å². The summed E-state index contributed by atoms with van der Waals surface area (Å²) in [7, 11) is 0. The maximum atomic E-state index is 17.1. The summed E-state index contributed by atoms with van der Waals surface area (Å²) in [6.07, 6.45) is 3.65. The molecule has 2 N–H and O–H groups in total. The zero-order chi connectivity index (χ0) is 23.9. The minimum atomic E-state index is -2.10. The summed E-state index contributed by atoms with van der Waals surface area (Å²) in [5.74, 6) is -4.48. The van der Waals surface area contributed by atoms with Crippen molar-refractivity contribution in [2.75, 3.05) is 0 Å². The van der Waals surface area contributed by atoms with Crippen molar-refractivity contribution in [1.29, 1.82) is 0 Å². The molecule has 3 fully saturated rings. The molecule has 0 amide bonds. The fourth-order valence-corrected chi connectivity index (χ4v) is 7.54. The number of carbonyl (C=O) groups is 3. The predicted molar refractivity (Wildman–Crippen MR) is 115 cm³/mol. The lowest BCUT2D eigenvalue weighted by molar-refractivity contribution is -0.233. The van der Waals surface area contributed by atoms with E-state index in [2.05, 4.69) is 0 Å². The van der Waals surface area contributed by atoms with Crippen LogP contribution < -0.4 is 0 Å². The van der Waals surface area contributed by atoms with Gasteiger partial charge in [-0.05, 0) is 50.7 Å². The van der Waals surface area contributed by atoms with Crippen LogP contribution in [0.4, 0.5) is 4.39 Å². The molecule has 4 aliphatic rings.